The molecule has 0 atom stereocenters. The number of carbonyl (C=O) groups is 2. The van der Waals surface area contributed by atoms with Crippen LogP contribution in [0.25, 0.3) is 0 Å². The third-order valence-electron chi connectivity index (χ3n) is 2.14. The van der Waals surface area contributed by atoms with Crippen molar-refractivity contribution in [2.45, 2.75) is 6.92 Å². The van der Waals surface area contributed by atoms with E-state index in [2.05, 4.69) is 30.4 Å². The number of imide groups is 1. The Bertz CT molecular complexity index is 400. The number of aryl methyl sites for hydroxylation is 1. The van der Waals surface area contributed by atoms with Crippen LogP contribution in [0, 0.1) is 6.92 Å². The molecule has 0 radical (unpaired) electrons. The van der Waals surface area contributed by atoms with E-state index >= 15 is 0 Å². The Hall–Kier alpha value is -2.10. The monoisotopic (exact) mass is 233 g/mol. The van der Waals surface area contributed by atoms with Crippen LogP contribution in [0.5, 0.6) is 0 Å². The molecule has 4 heteroatoms. The van der Waals surface area contributed by atoms with Gasteiger partial charge in [-0.15, -0.1) is 0 Å². The SMILES string of the molecule is C=CC(=O)N1CCOC1=O.Cc1ccccc1. The minimum atomic E-state index is -0.579. The Labute approximate surface area is 100 Å². The second-order valence-electron chi connectivity index (χ2n) is 3.46. The molecular formula is C13H15NO3. The first kappa shape index (κ1) is 13.0. The Morgan fingerprint density at radius 2 is 2.06 bits per heavy atom. The van der Waals surface area contributed by atoms with Gasteiger partial charge in [0.25, 0.3) is 5.91 Å². The molecule has 1 aliphatic heterocycles. The van der Waals surface area contributed by atoms with E-state index in [0.29, 0.717) is 13.2 Å². The first-order valence-electron chi connectivity index (χ1n) is 5.27. The minimum Gasteiger partial charge on any atom is -0.447 e. The molecule has 4 nitrogen and oxygen atoms in total. The first-order valence-corrected chi connectivity index (χ1v) is 5.27. The maximum absolute atomic E-state index is 10.7. The molecule has 0 aromatic heterocycles. The molecule has 90 valence electrons. The van der Waals surface area contributed by atoms with E-state index in [0.717, 1.165) is 11.0 Å². The standard InChI is InChI=1S/C7H8.C6H7NO3/c1-7-5-3-2-4-6-7;1-2-5(8)7-3-4-10-6(7)9/h2-6H,1H3;2H,1,3-4H2. The van der Waals surface area contributed by atoms with Crippen LogP contribution >= 0.6 is 0 Å². The van der Waals surface area contributed by atoms with Crippen molar-refractivity contribution >= 4 is 12.0 Å². The quantitative estimate of drug-likeness (QED) is 0.698. The van der Waals surface area contributed by atoms with Crippen LogP contribution in [0.15, 0.2) is 43.0 Å². The van der Waals surface area contributed by atoms with E-state index in [1.165, 1.54) is 5.56 Å². The molecule has 0 unspecified atom stereocenters. The summed E-state index contributed by atoms with van der Waals surface area (Å²) in [6, 6.07) is 10.3. The molecule has 1 aliphatic rings. The molecule has 1 fully saturated rings. The van der Waals surface area contributed by atoms with Crippen molar-refractivity contribution in [1.29, 1.82) is 0 Å². The molecule has 2 amide bonds. The highest BCUT2D eigenvalue weighted by molar-refractivity contribution is 5.98. The third-order valence-corrected chi connectivity index (χ3v) is 2.14. The van der Waals surface area contributed by atoms with E-state index in [-0.39, 0.29) is 0 Å². The average molecular weight is 233 g/mol. The lowest BCUT2D eigenvalue weighted by Crippen LogP contribution is -2.29. The number of hydrogen-bond acceptors (Lipinski definition) is 3. The summed E-state index contributed by atoms with van der Waals surface area (Å²) in [6.07, 6.45) is 0.511. The zero-order chi connectivity index (χ0) is 12.7. The molecule has 1 heterocycles. The smallest absolute Gasteiger partial charge is 0.416 e. The van der Waals surface area contributed by atoms with Crippen molar-refractivity contribution in [3.05, 3.63) is 48.6 Å². The Morgan fingerprint density at radius 3 is 2.41 bits per heavy atom. The molecular weight excluding hydrogens is 218 g/mol. The van der Waals surface area contributed by atoms with Crippen LogP contribution in [0.3, 0.4) is 0 Å². The summed E-state index contributed by atoms with van der Waals surface area (Å²) in [5, 5.41) is 0. The number of rotatable bonds is 1. The fourth-order valence-electron chi connectivity index (χ4n) is 1.24. The molecule has 0 N–H and O–H groups in total. The van der Waals surface area contributed by atoms with Gasteiger partial charge in [0.1, 0.15) is 6.61 Å². The van der Waals surface area contributed by atoms with Gasteiger partial charge in [-0.25, -0.2) is 9.69 Å². The van der Waals surface area contributed by atoms with Crippen LogP contribution in [-0.4, -0.2) is 30.1 Å². The molecule has 1 aromatic rings. The fourth-order valence-corrected chi connectivity index (χ4v) is 1.24. The zero-order valence-corrected chi connectivity index (χ0v) is 9.76. The van der Waals surface area contributed by atoms with Gasteiger partial charge in [0.15, 0.2) is 0 Å². The Kier molecular flexibility index (Phi) is 4.94. The largest absolute Gasteiger partial charge is 0.447 e. The predicted molar refractivity (Wildman–Crippen MR) is 64.4 cm³/mol. The average Bonchev–Trinajstić information content (AvgIpc) is 2.76. The lowest BCUT2D eigenvalue weighted by molar-refractivity contribution is -0.122. The summed E-state index contributed by atoms with van der Waals surface area (Å²) in [5.74, 6) is -0.400. The summed E-state index contributed by atoms with van der Waals surface area (Å²) in [4.78, 5) is 22.3. The molecule has 0 aliphatic carbocycles. The van der Waals surface area contributed by atoms with Crippen LogP contribution in [-0.2, 0) is 9.53 Å². The van der Waals surface area contributed by atoms with Crippen LogP contribution in [0.2, 0.25) is 0 Å². The van der Waals surface area contributed by atoms with Crippen molar-refractivity contribution < 1.29 is 14.3 Å². The summed E-state index contributed by atoms with van der Waals surface area (Å²) in [7, 11) is 0. The molecule has 0 saturated carbocycles. The molecule has 1 aromatic carbocycles. The highest BCUT2D eigenvalue weighted by Gasteiger charge is 2.25. The number of nitrogens with zero attached hydrogens (tertiary/aromatic N) is 1. The van der Waals surface area contributed by atoms with Gasteiger partial charge in [0.2, 0.25) is 0 Å². The summed E-state index contributed by atoms with van der Waals surface area (Å²) in [5.41, 5.74) is 1.32. The van der Waals surface area contributed by atoms with Gasteiger partial charge in [-0.2, -0.15) is 0 Å². The number of hydrogen-bond donors (Lipinski definition) is 0. The van der Waals surface area contributed by atoms with Crippen LogP contribution in [0.1, 0.15) is 5.56 Å². The highest BCUT2D eigenvalue weighted by atomic mass is 16.6. The predicted octanol–water partition coefficient (Wildman–Crippen LogP) is 2.15. The van der Waals surface area contributed by atoms with E-state index < -0.39 is 12.0 Å². The molecule has 17 heavy (non-hydrogen) atoms. The van der Waals surface area contributed by atoms with E-state index in [1.807, 2.05) is 18.2 Å². The van der Waals surface area contributed by atoms with Gasteiger partial charge in [-0.05, 0) is 13.0 Å². The maximum Gasteiger partial charge on any atom is 0.416 e. The van der Waals surface area contributed by atoms with Gasteiger partial charge in [-0.1, -0.05) is 42.5 Å². The first-order chi connectivity index (χ1) is 8.15. The van der Waals surface area contributed by atoms with Gasteiger partial charge < -0.3 is 4.74 Å². The van der Waals surface area contributed by atoms with E-state index in [4.69, 9.17) is 0 Å². The lowest BCUT2D eigenvalue weighted by Gasteiger charge is -2.04. The van der Waals surface area contributed by atoms with Crippen molar-refractivity contribution in [2.24, 2.45) is 0 Å². The van der Waals surface area contributed by atoms with E-state index in [9.17, 15) is 9.59 Å². The summed E-state index contributed by atoms with van der Waals surface area (Å²) < 4.78 is 4.51. The van der Waals surface area contributed by atoms with Gasteiger partial charge in [0, 0.05) is 0 Å². The lowest BCUT2D eigenvalue weighted by atomic mass is 10.2. The van der Waals surface area contributed by atoms with Gasteiger partial charge in [-0.3, -0.25) is 4.79 Å². The van der Waals surface area contributed by atoms with Crippen LogP contribution < -0.4 is 0 Å². The normalized spacial score (nSPS) is 13.5. The Balaban J connectivity index is 0.000000181. The van der Waals surface area contributed by atoms with Gasteiger partial charge in [0.05, 0.1) is 6.54 Å². The Morgan fingerprint density at radius 1 is 1.41 bits per heavy atom. The maximum atomic E-state index is 10.7. The minimum absolute atomic E-state index is 0.290. The number of carbonyl (C=O) groups excluding carboxylic acids is 2. The summed E-state index contributed by atoms with van der Waals surface area (Å²) in [6.45, 7) is 5.95. The second-order valence-corrected chi connectivity index (χ2v) is 3.46. The van der Waals surface area contributed by atoms with Gasteiger partial charge >= 0.3 is 6.09 Å². The van der Waals surface area contributed by atoms with Crippen molar-refractivity contribution in [3.8, 4) is 0 Å². The molecule has 0 spiro atoms. The number of benzene rings is 1. The number of ether oxygens (including phenoxy) is 1. The molecule has 0 bridgehead atoms. The highest BCUT2D eigenvalue weighted by Crippen LogP contribution is 2.02. The van der Waals surface area contributed by atoms with Crippen molar-refractivity contribution in [2.75, 3.05) is 13.2 Å². The van der Waals surface area contributed by atoms with Crippen molar-refractivity contribution in [3.63, 3.8) is 0 Å². The number of cyclic esters (lactones) is 1. The fraction of sp³-hybridized carbons (Fsp3) is 0.231. The van der Waals surface area contributed by atoms with Crippen molar-refractivity contribution in [1.82, 2.24) is 4.90 Å². The molecule has 1 saturated heterocycles. The zero-order valence-electron chi connectivity index (χ0n) is 9.76. The topological polar surface area (TPSA) is 46.6 Å². The number of amides is 2. The van der Waals surface area contributed by atoms with E-state index in [1.54, 1.807) is 0 Å². The van der Waals surface area contributed by atoms with Crippen LogP contribution in [0.4, 0.5) is 4.79 Å². The second kappa shape index (κ2) is 6.48. The third kappa shape index (κ3) is 4.10. The summed E-state index contributed by atoms with van der Waals surface area (Å²) >= 11 is 0. The molecule has 2 rings (SSSR count).